The standard InChI is InChI=1S/C13H25NO/c1-14-12(13-8-5-9-15-13)10-11-6-3-2-4-7-11/h11-14H,2-10H2,1H3. The van der Waals surface area contributed by atoms with Gasteiger partial charge in [-0.05, 0) is 32.2 Å². The zero-order valence-electron chi connectivity index (χ0n) is 10.0. The Morgan fingerprint density at radius 1 is 1.13 bits per heavy atom. The van der Waals surface area contributed by atoms with Crippen LogP contribution in [-0.4, -0.2) is 25.8 Å². The van der Waals surface area contributed by atoms with Crippen molar-refractivity contribution in [2.24, 2.45) is 5.92 Å². The lowest BCUT2D eigenvalue weighted by Gasteiger charge is -2.29. The Morgan fingerprint density at radius 3 is 2.53 bits per heavy atom. The maximum atomic E-state index is 5.79. The van der Waals surface area contributed by atoms with Gasteiger partial charge in [0.05, 0.1) is 6.10 Å². The quantitative estimate of drug-likeness (QED) is 0.772. The molecule has 15 heavy (non-hydrogen) atoms. The summed E-state index contributed by atoms with van der Waals surface area (Å²) in [6.07, 6.45) is 11.6. The highest BCUT2D eigenvalue weighted by Crippen LogP contribution is 2.29. The molecule has 2 heteroatoms. The van der Waals surface area contributed by atoms with Crippen molar-refractivity contribution >= 4 is 0 Å². The third kappa shape index (κ3) is 3.18. The van der Waals surface area contributed by atoms with Gasteiger partial charge in [-0.3, -0.25) is 0 Å². The predicted octanol–water partition coefficient (Wildman–Crippen LogP) is 2.72. The fourth-order valence-electron chi connectivity index (χ4n) is 3.16. The SMILES string of the molecule is CNC(CC1CCCCC1)C1CCCO1. The van der Waals surface area contributed by atoms with Gasteiger partial charge in [0.25, 0.3) is 0 Å². The van der Waals surface area contributed by atoms with E-state index in [1.54, 1.807) is 0 Å². The first-order valence-electron chi connectivity index (χ1n) is 6.69. The molecule has 1 aliphatic carbocycles. The summed E-state index contributed by atoms with van der Waals surface area (Å²) in [5.74, 6) is 0.959. The number of ether oxygens (including phenoxy) is 1. The Labute approximate surface area is 93.8 Å². The first-order valence-corrected chi connectivity index (χ1v) is 6.69. The minimum absolute atomic E-state index is 0.497. The van der Waals surface area contributed by atoms with E-state index in [9.17, 15) is 0 Å². The number of likely N-dealkylation sites (N-methyl/N-ethyl adjacent to an activating group) is 1. The van der Waals surface area contributed by atoms with Crippen LogP contribution in [0.3, 0.4) is 0 Å². The van der Waals surface area contributed by atoms with Crippen molar-refractivity contribution in [2.75, 3.05) is 13.7 Å². The van der Waals surface area contributed by atoms with Crippen LogP contribution >= 0.6 is 0 Å². The van der Waals surface area contributed by atoms with Crippen LogP contribution in [0.15, 0.2) is 0 Å². The highest BCUT2D eigenvalue weighted by Gasteiger charge is 2.27. The fourth-order valence-corrected chi connectivity index (χ4v) is 3.16. The molecule has 0 amide bonds. The van der Waals surface area contributed by atoms with E-state index in [0.29, 0.717) is 12.1 Å². The van der Waals surface area contributed by atoms with Crippen molar-refractivity contribution in [3.63, 3.8) is 0 Å². The number of rotatable bonds is 4. The molecule has 0 spiro atoms. The molecular weight excluding hydrogens is 186 g/mol. The summed E-state index contributed by atoms with van der Waals surface area (Å²) in [6.45, 7) is 0.980. The van der Waals surface area contributed by atoms with Gasteiger partial charge in [0.1, 0.15) is 0 Å². The molecule has 88 valence electrons. The van der Waals surface area contributed by atoms with Crippen molar-refractivity contribution in [3.8, 4) is 0 Å². The normalized spacial score (nSPS) is 30.6. The third-order valence-electron chi connectivity index (χ3n) is 4.10. The molecule has 0 aromatic rings. The summed E-state index contributed by atoms with van der Waals surface area (Å²) in [6, 6.07) is 0.607. The lowest BCUT2D eigenvalue weighted by Crippen LogP contribution is -2.39. The Balaban J connectivity index is 1.78. The molecule has 1 aliphatic heterocycles. The lowest BCUT2D eigenvalue weighted by molar-refractivity contribution is 0.0697. The van der Waals surface area contributed by atoms with Gasteiger partial charge in [0, 0.05) is 12.6 Å². The third-order valence-corrected chi connectivity index (χ3v) is 4.10. The second kappa shape index (κ2) is 5.86. The van der Waals surface area contributed by atoms with Crippen LogP contribution in [0.1, 0.15) is 51.4 Å². The average Bonchev–Trinajstić information content (AvgIpc) is 2.81. The van der Waals surface area contributed by atoms with E-state index in [-0.39, 0.29) is 0 Å². The largest absolute Gasteiger partial charge is 0.377 e. The highest BCUT2D eigenvalue weighted by atomic mass is 16.5. The van der Waals surface area contributed by atoms with Gasteiger partial charge in [0.15, 0.2) is 0 Å². The molecule has 2 rings (SSSR count). The van der Waals surface area contributed by atoms with Crippen LogP contribution in [0.4, 0.5) is 0 Å². The van der Waals surface area contributed by atoms with Crippen LogP contribution < -0.4 is 5.32 Å². The van der Waals surface area contributed by atoms with E-state index in [1.165, 1.54) is 51.4 Å². The first kappa shape index (κ1) is 11.4. The summed E-state index contributed by atoms with van der Waals surface area (Å²) in [4.78, 5) is 0. The molecule has 2 atom stereocenters. The van der Waals surface area contributed by atoms with Crippen LogP contribution in [0.2, 0.25) is 0 Å². The summed E-state index contributed by atoms with van der Waals surface area (Å²) >= 11 is 0. The summed E-state index contributed by atoms with van der Waals surface area (Å²) < 4.78 is 5.79. The molecule has 1 saturated heterocycles. The predicted molar refractivity (Wildman–Crippen MR) is 63.0 cm³/mol. The lowest BCUT2D eigenvalue weighted by atomic mass is 9.83. The van der Waals surface area contributed by atoms with Gasteiger partial charge in [0.2, 0.25) is 0 Å². The summed E-state index contributed by atoms with van der Waals surface area (Å²) in [7, 11) is 2.09. The molecule has 1 N–H and O–H groups in total. The Bertz CT molecular complexity index is 171. The molecule has 0 bridgehead atoms. The molecule has 0 aromatic carbocycles. The smallest absolute Gasteiger partial charge is 0.0728 e. The minimum atomic E-state index is 0.497. The maximum absolute atomic E-state index is 5.79. The second-order valence-corrected chi connectivity index (χ2v) is 5.19. The van der Waals surface area contributed by atoms with Crippen molar-refractivity contribution in [2.45, 2.75) is 63.5 Å². The van der Waals surface area contributed by atoms with Crippen LogP contribution in [0.5, 0.6) is 0 Å². The van der Waals surface area contributed by atoms with Crippen molar-refractivity contribution in [1.82, 2.24) is 5.32 Å². The molecule has 0 aromatic heterocycles. The van der Waals surface area contributed by atoms with E-state index in [1.807, 2.05) is 0 Å². The number of nitrogens with one attached hydrogen (secondary N) is 1. The number of hydrogen-bond acceptors (Lipinski definition) is 2. The average molecular weight is 211 g/mol. The van der Waals surface area contributed by atoms with Crippen LogP contribution in [0, 0.1) is 5.92 Å². The molecule has 1 heterocycles. The van der Waals surface area contributed by atoms with Gasteiger partial charge < -0.3 is 10.1 Å². The van der Waals surface area contributed by atoms with Crippen molar-refractivity contribution < 1.29 is 4.74 Å². The zero-order chi connectivity index (χ0) is 10.5. The summed E-state index contributed by atoms with van der Waals surface area (Å²) in [5, 5.41) is 3.47. The van der Waals surface area contributed by atoms with Gasteiger partial charge in [-0.15, -0.1) is 0 Å². The van der Waals surface area contributed by atoms with E-state index in [0.717, 1.165) is 12.5 Å². The van der Waals surface area contributed by atoms with E-state index in [2.05, 4.69) is 12.4 Å². The van der Waals surface area contributed by atoms with Gasteiger partial charge in [-0.1, -0.05) is 32.1 Å². The van der Waals surface area contributed by atoms with E-state index >= 15 is 0 Å². The molecule has 0 radical (unpaired) electrons. The number of hydrogen-bond donors (Lipinski definition) is 1. The highest BCUT2D eigenvalue weighted by molar-refractivity contribution is 4.82. The van der Waals surface area contributed by atoms with Gasteiger partial charge in [-0.25, -0.2) is 0 Å². The molecule has 2 nitrogen and oxygen atoms in total. The molecule has 2 fully saturated rings. The Kier molecular flexibility index (Phi) is 4.45. The topological polar surface area (TPSA) is 21.3 Å². The van der Waals surface area contributed by atoms with Crippen molar-refractivity contribution in [1.29, 1.82) is 0 Å². The fraction of sp³-hybridized carbons (Fsp3) is 1.00. The zero-order valence-corrected chi connectivity index (χ0v) is 10.0. The molecular formula is C13H25NO. The Hall–Kier alpha value is -0.0800. The molecule has 2 aliphatic rings. The Morgan fingerprint density at radius 2 is 1.93 bits per heavy atom. The maximum Gasteiger partial charge on any atom is 0.0728 e. The minimum Gasteiger partial charge on any atom is -0.377 e. The van der Waals surface area contributed by atoms with Gasteiger partial charge in [-0.2, -0.15) is 0 Å². The van der Waals surface area contributed by atoms with Crippen LogP contribution in [0.25, 0.3) is 0 Å². The first-order chi connectivity index (χ1) is 7.40. The molecule has 1 saturated carbocycles. The summed E-state index contributed by atoms with van der Waals surface area (Å²) in [5.41, 5.74) is 0. The van der Waals surface area contributed by atoms with E-state index in [4.69, 9.17) is 4.74 Å². The van der Waals surface area contributed by atoms with Gasteiger partial charge >= 0.3 is 0 Å². The van der Waals surface area contributed by atoms with Crippen LogP contribution in [-0.2, 0) is 4.74 Å². The van der Waals surface area contributed by atoms with E-state index < -0.39 is 0 Å². The monoisotopic (exact) mass is 211 g/mol. The molecule has 2 unspecified atom stereocenters. The van der Waals surface area contributed by atoms with Crippen molar-refractivity contribution in [3.05, 3.63) is 0 Å². The second-order valence-electron chi connectivity index (χ2n) is 5.19.